The van der Waals surface area contributed by atoms with Gasteiger partial charge in [0.05, 0.1) is 23.0 Å². The van der Waals surface area contributed by atoms with Crippen LogP contribution < -0.4 is 4.90 Å². The molecule has 2 heterocycles. The van der Waals surface area contributed by atoms with Crippen LogP contribution in [0.5, 0.6) is 0 Å². The molecular weight excluding hydrogens is 438 g/mol. The number of carbonyl (C=O) groups excluding carboxylic acids is 2. The van der Waals surface area contributed by atoms with E-state index < -0.39 is 16.1 Å². The van der Waals surface area contributed by atoms with Crippen LogP contribution in [0.1, 0.15) is 12.0 Å². The number of hydrogen-bond acceptors (Lipinski definition) is 5. The minimum absolute atomic E-state index is 0.115. The highest BCUT2D eigenvalue weighted by molar-refractivity contribution is 7.89. The van der Waals surface area contributed by atoms with Crippen molar-refractivity contribution in [2.45, 2.75) is 24.3 Å². The average Bonchev–Trinajstić information content (AvgIpc) is 3.13. The molecule has 2 amide bonds. The summed E-state index contributed by atoms with van der Waals surface area (Å²) >= 11 is 0. The number of piperazine rings is 1. The Kier molecular flexibility index (Phi) is 5.52. The predicted molar refractivity (Wildman–Crippen MR) is 126 cm³/mol. The number of aryl methyl sites for hydroxylation is 1. The van der Waals surface area contributed by atoms with Crippen LogP contribution in [-0.4, -0.2) is 61.7 Å². The van der Waals surface area contributed by atoms with Crippen molar-refractivity contribution in [3.63, 3.8) is 0 Å². The third kappa shape index (κ3) is 3.94. The second kappa shape index (κ2) is 8.37. The fourth-order valence-corrected chi connectivity index (χ4v) is 6.06. The monoisotopic (exact) mass is 463 g/mol. The van der Waals surface area contributed by atoms with Crippen LogP contribution in [-0.2, 0) is 19.6 Å². The summed E-state index contributed by atoms with van der Waals surface area (Å²) in [5, 5.41) is 1.87. The fourth-order valence-electron chi connectivity index (χ4n) is 4.60. The molecule has 3 aromatic carbocycles. The van der Waals surface area contributed by atoms with E-state index in [2.05, 4.69) is 0 Å². The Balaban J connectivity index is 1.29. The Labute approximate surface area is 193 Å². The molecule has 33 heavy (non-hydrogen) atoms. The lowest BCUT2D eigenvalue weighted by molar-refractivity contribution is -0.123. The summed E-state index contributed by atoms with van der Waals surface area (Å²) in [6, 6.07) is 19.6. The van der Waals surface area contributed by atoms with Gasteiger partial charge in [0, 0.05) is 26.2 Å². The van der Waals surface area contributed by atoms with E-state index in [1.165, 1.54) is 9.21 Å². The molecule has 3 aromatic rings. The maximum Gasteiger partial charge on any atom is 0.251 e. The maximum absolute atomic E-state index is 13.2. The molecule has 0 aromatic heterocycles. The van der Waals surface area contributed by atoms with Crippen molar-refractivity contribution < 1.29 is 18.0 Å². The van der Waals surface area contributed by atoms with Crippen molar-refractivity contribution in [2.75, 3.05) is 31.1 Å². The second-order valence-corrected chi connectivity index (χ2v) is 10.5. The number of nitrogens with zero attached hydrogens (tertiary/aromatic N) is 3. The van der Waals surface area contributed by atoms with Crippen molar-refractivity contribution in [3.05, 3.63) is 72.3 Å². The van der Waals surface area contributed by atoms with Gasteiger partial charge in [-0.15, -0.1) is 0 Å². The quantitative estimate of drug-likeness (QED) is 0.556. The van der Waals surface area contributed by atoms with Gasteiger partial charge in [-0.25, -0.2) is 13.3 Å². The zero-order chi connectivity index (χ0) is 23.2. The Hall–Kier alpha value is -3.07. The second-order valence-electron chi connectivity index (χ2n) is 8.57. The van der Waals surface area contributed by atoms with Crippen molar-refractivity contribution in [2.24, 2.45) is 0 Å². The number of amides is 2. The molecule has 2 aliphatic heterocycles. The van der Waals surface area contributed by atoms with E-state index in [1.54, 1.807) is 24.3 Å². The summed E-state index contributed by atoms with van der Waals surface area (Å²) in [5.74, 6) is -0.463. The van der Waals surface area contributed by atoms with Gasteiger partial charge in [-0.2, -0.15) is 4.31 Å². The molecule has 0 unspecified atom stereocenters. The Morgan fingerprint density at radius 1 is 0.818 bits per heavy atom. The first-order chi connectivity index (χ1) is 15.8. The lowest BCUT2D eigenvalue weighted by Gasteiger charge is -2.36. The van der Waals surface area contributed by atoms with Gasteiger partial charge in [0.1, 0.15) is 0 Å². The highest BCUT2D eigenvalue weighted by atomic mass is 32.2. The number of rotatable bonds is 4. The van der Waals surface area contributed by atoms with E-state index >= 15 is 0 Å². The van der Waals surface area contributed by atoms with Crippen molar-refractivity contribution in [3.8, 4) is 0 Å². The largest absolute Gasteiger partial charge is 0.289 e. The van der Waals surface area contributed by atoms with E-state index in [-0.39, 0.29) is 36.2 Å². The summed E-state index contributed by atoms with van der Waals surface area (Å²) in [6.45, 7) is 3.30. The minimum Gasteiger partial charge on any atom is -0.289 e. The molecule has 0 bridgehead atoms. The summed E-state index contributed by atoms with van der Waals surface area (Å²) in [6.07, 6.45) is 0.115. The molecule has 2 aliphatic rings. The average molecular weight is 464 g/mol. The number of anilines is 1. The number of sulfonamides is 1. The van der Waals surface area contributed by atoms with Gasteiger partial charge in [0.15, 0.2) is 0 Å². The number of imide groups is 1. The van der Waals surface area contributed by atoms with Crippen LogP contribution in [0.3, 0.4) is 0 Å². The molecule has 0 aliphatic carbocycles. The van der Waals surface area contributed by atoms with Crippen LogP contribution in [0, 0.1) is 6.92 Å². The van der Waals surface area contributed by atoms with Gasteiger partial charge >= 0.3 is 0 Å². The lowest BCUT2D eigenvalue weighted by Crippen LogP contribution is -2.53. The molecule has 170 valence electrons. The molecule has 5 rings (SSSR count). The first kappa shape index (κ1) is 21.8. The number of fused-ring (bicyclic) bond motifs is 1. The van der Waals surface area contributed by atoms with Crippen LogP contribution >= 0.6 is 0 Å². The molecule has 1 atom stereocenters. The van der Waals surface area contributed by atoms with Crippen LogP contribution in [0.4, 0.5) is 5.69 Å². The third-order valence-corrected chi connectivity index (χ3v) is 8.38. The van der Waals surface area contributed by atoms with E-state index in [9.17, 15) is 18.0 Å². The van der Waals surface area contributed by atoms with Crippen LogP contribution in [0.25, 0.3) is 10.8 Å². The highest BCUT2D eigenvalue weighted by Gasteiger charge is 2.44. The molecule has 0 saturated carbocycles. The van der Waals surface area contributed by atoms with Crippen molar-refractivity contribution in [1.29, 1.82) is 0 Å². The summed E-state index contributed by atoms with van der Waals surface area (Å²) in [4.78, 5) is 29.1. The van der Waals surface area contributed by atoms with Crippen LogP contribution in [0.2, 0.25) is 0 Å². The Morgan fingerprint density at radius 3 is 2.18 bits per heavy atom. The normalized spacial score (nSPS) is 20.6. The summed E-state index contributed by atoms with van der Waals surface area (Å²) < 4.78 is 27.9. The van der Waals surface area contributed by atoms with Gasteiger partial charge in [0.25, 0.3) is 5.91 Å². The zero-order valence-corrected chi connectivity index (χ0v) is 19.2. The summed E-state index contributed by atoms with van der Waals surface area (Å²) in [7, 11) is -3.64. The van der Waals surface area contributed by atoms with Gasteiger partial charge in [0.2, 0.25) is 15.9 Å². The molecule has 0 radical (unpaired) electrons. The molecule has 8 heteroatoms. The van der Waals surface area contributed by atoms with Crippen LogP contribution in [0.15, 0.2) is 71.6 Å². The van der Waals surface area contributed by atoms with E-state index in [0.717, 1.165) is 16.3 Å². The zero-order valence-electron chi connectivity index (χ0n) is 18.3. The first-order valence-electron chi connectivity index (χ1n) is 11.0. The van der Waals surface area contributed by atoms with Gasteiger partial charge < -0.3 is 0 Å². The molecule has 0 N–H and O–H groups in total. The van der Waals surface area contributed by atoms with E-state index in [4.69, 9.17) is 0 Å². The number of hydrogen-bond donors (Lipinski definition) is 0. The Bertz CT molecular complexity index is 1330. The van der Waals surface area contributed by atoms with Gasteiger partial charge in [-0.05, 0) is 42.0 Å². The SMILES string of the molecule is Cc1ccc(N2C(=O)C[C@@H](N3CCN(S(=O)(=O)c4ccc5ccccc5c4)CC3)C2=O)cc1. The van der Waals surface area contributed by atoms with Gasteiger partial charge in [-0.1, -0.05) is 48.0 Å². The van der Waals surface area contributed by atoms with E-state index in [1.807, 2.05) is 54.3 Å². The summed E-state index contributed by atoms with van der Waals surface area (Å²) in [5.41, 5.74) is 1.63. The van der Waals surface area contributed by atoms with Gasteiger partial charge in [-0.3, -0.25) is 14.5 Å². The maximum atomic E-state index is 13.2. The van der Waals surface area contributed by atoms with Crippen molar-refractivity contribution >= 4 is 38.3 Å². The van der Waals surface area contributed by atoms with Crippen molar-refractivity contribution in [1.82, 2.24) is 9.21 Å². The molecular formula is C25H25N3O4S. The Morgan fingerprint density at radius 2 is 1.48 bits per heavy atom. The molecule has 0 spiro atoms. The molecule has 2 saturated heterocycles. The minimum atomic E-state index is -3.64. The predicted octanol–water partition coefficient (Wildman–Crippen LogP) is 2.79. The highest BCUT2D eigenvalue weighted by Crippen LogP contribution is 2.28. The molecule has 2 fully saturated rings. The topological polar surface area (TPSA) is 78.0 Å². The number of carbonyl (C=O) groups is 2. The number of benzene rings is 3. The standard InChI is InChI=1S/C25H25N3O4S/c1-18-6-9-21(10-7-18)28-24(29)17-23(25(28)30)26-12-14-27(15-13-26)33(31,32)22-11-8-19-4-2-3-5-20(19)16-22/h2-11,16,23H,12-15,17H2,1H3/t23-/m1/s1. The third-order valence-electron chi connectivity index (χ3n) is 6.49. The first-order valence-corrected chi connectivity index (χ1v) is 12.4. The lowest BCUT2D eigenvalue weighted by atomic mass is 10.1. The fraction of sp³-hybridized carbons (Fsp3) is 0.280. The molecule has 7 nitrogen and oxygen atoms in total. The van der Waals surface area contributed by atoms with E-state index in [0.29, 0.717) is 18.8 Å². The smallest absolute Gasteiger partial charge is 0.251 e.